The number of carboxylic acid groups (broad SMARTS) is 1. The van der Waals surface area contributed by atoms with Crippen LogP contribution in [0.5, 0.6) is 0 Å². The molecule has 0 bridgehead atoms. The predicted molar refractivity (Wildman–Crippen MR) is 218 cm³/mol. The van der Waals surface area contributed by atoms with Crippen LogP contribution in [0.2, 0.25) is 0 Å². The van der Waals surface area contributed by atoms with Gasteiger partial charge in [-0.3, -0.25) is 9.59 Å². The van der Waals surface area contributed by atoms with E-state index in [2.05, 4.69) is 13.8 Å². The third-order valence-electron chi connectivity index (χ3n) is 10.8. The number of carbonyl (C=O) groups is 2. The summed E-state index contributed by atoms with van der Waals surface area (Å²) in [7, 11) is 0. The van der Waals surface area contributed by atoms with E-state index in [0.717, 1.165) is 38.5 Å². The summed E-state index contributed by atoms with van der Waals surface area (Å²) < 4.78 is 5.97. The molecule has 0 rings (SSSR count). The molecule has 0 aliphatic carbocycles. The van der Waals surface area contributed by atoms with Gasteiger partial charge in [0.2, 0.25) is 0 Å². The Morgan fingerprint density at radius 3 is 0.940 bits per heavy atom. The first-order valence-corrected chi connectivity index (χ1v) is 23.0. The first-order chi connectivity index (χ1) is 24.6. The fraction of sp³-hybridized carbons (Fsp3) is 0.957. The molecule has 1 unspecified atom stereocenters. The highest BCUT2D eigenvalue weighted by molar-refractivity contribution is 5.69. The molecule has 0 fully saturated rings. The van der Waals surface area contributed by atoms with Crippen LogP contribution in [0.25, 0.3) is 0 Å². The Morgan fingerprint density at radius 2 is 0.620 bits per heavy atom. The van der Waals surface area contributed by atoms with Crippen molar-refractivity contribution in [2.45, 2.75) is 283 Å². The summed E-state index contributed by atoms with van der Waals surface area (Å²) in [6.45, 7) is 4.52. The van der Waals surface area contributed by atoms with E-state index in [1.54, 1.807) is 0 Å². The van der Waals surface area contributed by atoms with Crippen molar-refractivity contribution in [1.29, 1.82) is 0 Å². The van der Waals surface area contributed by atoms with Crippen LogP contribution in [0, 0.1) is 0 Å². The maximum absolute atomic E-state index is 12.6. The molecule has 0 aromatic carbocycles. The molecule has 1 N–H and O–H groups in total. The molecule has 0 aliphatic heterocycles. The SMILES string of the molecule is CCCCCCCCCCCCCCCCCCCCCC(=O)OC(CCCC)CCCCCCCCCCCCCCCCCCC(=O)O. The van der Waals surface area contributed by atoms with Gasteiger partial charge in [-0.05, 0) is 32.1 Å². The number of carboxylic acids is 1. The monoisotopic (exact) mass is 707 g/mol. The van der Waals surface area contributed by atoms with E-state index < -0.39 is 5.97 Å². The standard InChI is InChI=1S/C46H90O4/c1-3-5-7-8-9-10-11-12-13-14-15-16-21-24-27-30-33-36-39-43-46(49)50-44(40-6-4-2)41-37-34-31-28-25-22-19-17-18-20-23-26-29-32-35-38-42-45(47)48/h44H,3-43H2,1-2H3,(H,47,48). The van der Waals surface area contributed by atoms with Crippen LogP contribution in [0.3, 0.4) is 0 Å². The van der Waals surface area contributed by atoms with Crippen molar-refractivity contribution in [3.63, 3.8) is 0 Å². The Balaban J connectivity index is 3.53. The van der Waals surface area contributed by atoms with Crippen LogP contribution in [0.15, 0.2) is 0 Å². The average molecular weight is 707 g/mol. The summed E-state index contributed by atoms with van der Waals surface area (Å²) in [5.74, 6) is -0.613. The molecule has 50 heavy (non-hydrogen) atoms. The molecule has 0 aromatic rings. The van der Waals surface area contributed by atoms with Crippen LogP contribution in [0.4, 0.5) is 0 Å². The van der Waals surface area contributed by atoms with Gasteiger partial charge >= 0.3 is 11.9 Å². The fourth-order valence-corrected chi connectivity index (χ4v) is 7.41. The van der Waals surface area contributed by atoms with Gasteiger partial charge in [-0.2, -0.15) is 0 Å². The highest BCUT2D eigenvalue weighted by Gasteiger charge is 2.14. The number of hydrogen-bond acceptors (Lipinski definition) is 3. The van der Waals surface area contributed by atoms with E-state index in [4.69, 9.17) is 9.84 Å². The molecule has 0 heterocycles. The third-order valence-corrected chi connectivity index (χ3v) is 10.8. The quantitative estimate of drug-likeness (QED) is 0.0506. The van der Waals surface area contributed by atoms with Crippen LogP contribution >= 0.6 is 0 Å². The summed E-state index contributed by atoms with van der Waals surface area (Å²) in [5, 5.41) is 8.67. The zero-order valence-electron chi connectivity index (χ0n) is 34.2. The van der Waals surface area contributed by atoms with Gasteiger partial charge in [-0.15, -0.1) is 0 Å². The highest BCUT2D eigenvalue weighted by atomic mass is 16.5. The lowest BCUT2D eigenvalue weighted by Crippen LogP contribution is -2.18. The van der Waals surface area contributed by atoms with Crippen molar-refractivity contribution in [3.8, 4) is 0 Å². The number of hydrogen-bond donors (Lipinski definition) is 1. The fourth-order valence-electron chi connectivity index (χ4n) is 7.41. The Labute approximate surface area is 313 Å². The first kappa shape index (κ1) is 48.9. The van der Waals surface area contributed by atoms with Gasteiger partial charge in [0, 0.05) is 12.8 Å². The Hall–Kier alpha value is -1.06. The van der Waals surface area contributed by atoms with E-state index in [1.165, 1.54) is 212 Å². The van der Waals surface area contributed by atoms with Crippen molar-refractivity contribution in [3.05, 3.63) is 0 Å². The van der Waals surface area contributed by atoms with E-state index in [-0.39, 0.29) is 12.1 Å². The minimum absolute atomic E-state index is 0.0473. The largest absolute Gasteiger partial charge is 0.481 e. The number of ether oxygens (including phenoxy) is 1. The van der Waals surface area contributed by atoms with Crippen molar-refractivity contribution >= 4 is 11.9 Å². The summed E-state index contributed by atoms with van der Waals surface area (Å²) >= 11 is 0. The maximum Gasteiger partial charge on any atom is 0.306 e. The maximum atomic E-state index is 12.6. The van der Waals surface area contributed by atoms with Crippen LogP contribution in [-0.2, 0) is 14.3 Å². The Morgan fingerprint density at radius 1 is 0.360 bits per heavy atom. The highest BCUT2D eigenvalue weighted by Crippen LogP contribution is 2.19. The lowest BCUT2D eigenvalue weighted by molar-refractivity contribution is -0.150. The van der Waals surface area contributed by atoms with Crippen LogP contribution < -0.4 is 0 Å². The van der Waals surface area contributed by atoms with Gasteiger partial charge in [-0.1, -0.05) is 232 Å². The number of unbranched alkanes of at least 4 members (excludes halogenated alkanes) is 34. The van der Waals surface area contributed by atoms with Crippen molar-refractivity contribution in [2.24, 2.45) is 0 Å². The molecule has 0 saturated carbocycles. The smallest absolute Gasteiger partial charge is 0.306 e. The average Bonchev–Trinajstić information content (AvgIpc) is 3.10. The molecule has 0 radical (unpaired) electrons. The number of esters is 1. The Bertz CT molecular complexity index is 677. The summed E-state index contributed by atoms with van der Waals surface area (Å²) in [5.41, 5.74) is 0. The molecule has 4 nitrogen and oxygen atoms in total. The summed E-state index contributed by atoms with van der Waals surface area (Å²) in [4.78, 5) is 23.1. The summed E-state index contributed by atoms with van der Waals surface area (Å²) in [6, 6.07) is 0. The third kappa shape index (κ3) is 41.4. The van der Waals surface area contributed by atoms with Crippen molar-refractivity contribution in [2.75, 3.05) is 0 Å². The van der Waals surface area contributed by atoms with Gasteiger partial charge < -0.3 is 9.84 Å². The second kappa shape index (κ2) is 42.4. The topological polar surface area (TPSA) is 63.6 Å². The second-order valence-electron chi connectivity index (χ2n) is 16.0. The molecule has 0 aliphatic rings. The van der Waals surface area contributed by atoms with Crippen molar-refractivity contribution in [1.82, 2.24) is 0 Å². The van der Waals surface area contributed by atoms with E-state index >= 15 is 0 Å². The predicted octanol–water partition coefficient (Wildman–Crippen LogP) is 16.0. The van der Waals surface area contributed by atoms with E-state index in [9.17, 15) is 9.59 Å². The van der Waals surface area contributed by atoms with Crippen LogP contribution in [0.1, 0.15) is 277 Å². The van der Waals surface area contributed by atoms with E-state index in [0.29, 0.717) is 12.8 Å². The van der Waals surface area contributed by atoms with Gasteiger partial charge in [0.15, 0.2) is 0 Å². The molecule has 0 spiro atoms. The zero-order valence-corrected chi connectivity index (χ0v) is 34.2. The normalized spacial score (nSPS) is 12.0. The van der Waals surface area contributed by atoms with Gasteiger partial charge in [0.1, 0.15) is 6.10 Å². The second-order valence-corrected chi connectivity index (χ2v) is 16.0. The molecular formula is C46H90O4. The van der Waals surface area contributed by atoms with E-state index in [1.807, 2.05) is 0 Å². The first-order valence-electron chi connectivity index (χ1n) is 23.0. The molecule has 0 aromatic heterocycles. The number of aliphatic carboxylic acids is 1. The molecule has 0 amide bonds. The molecule has 0 saturated heterocycles. The summed E-state index contributed by atoms with van der Waals surface area (Å²) in [6.07, 6.45) is 52.0. The van der Waals surface area contributed by atoms with Crippen LogP contribution in [-0.4, -0.2) is 23.1 Å². The van der Waals surface area contributed by atoms with Gasteiger partial charge in [0.05, 0.1) is 0 Å². The Kier molecular flexibility index (Phi) is 41.5. The molecule has 1 atom stereocenters. The molecule has 4 heteroatoms. The minimum Gasteiger partial charge on any atom is -0.481 e. The van der Waals surface area contributed by atoms with Crippen molar-refractivity contribution < 1.29 is 19.4 Å². The lowest BCUT2D eigenvalue weighted by Gasteiger charge is -2.18. The zero-order chi connectivity index (χ0) is 36.4. The molecular weight excluding hydrogens is 617 g/mol. The van der Waals surface area contributed by atoms with Gasteiger partial charge in [0.25, 0.3) is 0 Å². The molecule has 298 valence electrons. The number of rotatable bonds is 43. The van der Waals surface area contributed by atoms with Gasteiger partial charge in [-0.25, -0.2) is 0 Å². The number of carbonyl (C=O) groups excluding carboxylic acids is 1. The lowest BCUT2D eigenvalue weighted by atomic mass is 10.0. The minimum atomic E-state index is -0.661.